The molecule has 0 aromatic heterocycles. The smallest absolute Gasteiger partial charge is 0.0854 e. The fraction of sp³-hybridized carbons (Fsp3) is 0.259. The van der Waals surface area contributed by atoms with E-state index in [9.17, 15) is 10.2 Å². The second kappa shape index (κ2) is 10.1. The Balaban J connectivity index is 1.48. The average molecular weight is 433 g/mol. The number of aliphatic hydroxyl groups is 2. The summed E-state index contributed by atoms with van der Waals surface area (Å²) in [6.07, 6.45) is 0.626. The SMILES string of the molecule is OCC1CC(O)CC(c2ccc(Cl)c(Cc3ccc(C#Cc4ccccc4)cc3)c2)O1. The molecule has 3 aromatic rings. The molecule has 0 spiro atoms. The normalized spacial score (nSPS) is 20.7. The van der Waals surface area contributed by atoms with Crippen molar-refractivity contribution in [3.05, 3.63) is 106 Å². The summed E-state index contributed by atoms with van der Waals surface area (Å²) >= 11 is 6.47. The van der Waals surface area contributed by atoms with Crippen molar-refractivity contribution in [3.63, 3.8) is 0 Å². The summed E-state index contributed by atoms with van der Waals surface area (Å²) in [5, 5.41) is 20.2. The Morgan fingerprint density at radius 1 is 0.903 bits per heavy atom. The van der Waals surface area contributed by atoms with E-state index in [-0.39, 0.29) is 18.8 Å². The van der Waals surface area contributed by atoms with Gasteiger partial charge in [0.05, 0.1) is 24.9 Å². The second-order valence-electron chi connectivity index (χ2n) is 7.90. The summed E-state index contributed by atoms with van der Waals surface area (Å²) in [5.41, 5.74) is 5.08. The highest BCUT2D eigenvalue weighted by Gasteiger charge is 2.29. The maximum absolute atomic E-state index is 10.1. The number of rotatable bonds is 4. The van der Waals surface area contributed by atoms with Crippen LogP contribution in [0.5, 0.6) is 0 Å². The molecule has 158 valence electrons. The molecule has 0 radical (unpaired) electrons. The first kappa shape index (κ1) is 21.6. The highest BCUT2D eigenvalue weighted by atomic mass is 35.5. The molecule has 0 bridgehead atoms. The topological polar surface area (TPSA) is 49.7 Å². The van der Waals surface area contributed by atoms with Gasteiger partial charge in [0.1, 0.15) is 0 Å². The van der Waals surface area contributed by atoms with Crippen LogP contribution in [0.1, 0.15) is 46.8 Å². The highest BCUT2D eigenvalue weighted by molar-refractivity contribution is 6.31. The lowest BCUT2D eigenvalue weighted by atomic mass is 9.94. The van der Waals surface area contributed by atoms with Gasteiger partial charge in [-0.05, 0) is 53.4 Å². The van der Waals surface area contributed by atoms with Crippen LogP contribution in [0.25, 0.3) is 0 Å². The van der Waals surface area contributed by atoms with Gasteiger partial charge in [0, 0.05) is 29.0 Å². The van der Waals surface area contributed by atoms with Gasteiger partial charge in [0.25, 0.3) is 0 Å². The third-order valence-electron chi connectivity index (χ3n) is 5.50. The van der Waals surface area contributed by atoms with E-state index in [1.165, 1.54) is 0 Å². The van der Waals surface area contributed by atoms with Crippen molar-refractivity contribution in [2.45, 2.75) is 37.6 Å². The minimum atomic E-state index is -0.473. The van der Waals surface area contributed by atoms with Crippen LogP contribution in [0.3, 0.4) is 0 Å². The maximum atomic E-state index is 10.1. The van der Waals surface area contributed by atoms with E-state index in [2.05, 4.69) is 24.0 Å². The first-order valence-electron chi connectivity index (χ1n) is 10.5. The molecule has 4 heteroatoms. The molecule has 3 unspecified atom stereocenters. The van der Waals surface area contributed by atoms with Crippen molar-refractivity contribution < 1.29 is 14.9 Å². The molecule has 0 saturated carbocycles. The van der Waals surface area contributed by atoms with Crippen molar-refractivity contribution in [2.75, 3.05) is 6.61 Å². The third-order valence-corrected chi connectivity index (χ3v) is 5.87. The number of aliphatic hydroxyl groups excluding tert-OH is 2. The lowest BCUT2D eigenvalue weighted by Crippen LogP contribution is -2.33. The number of halogens is 1. The number of hydrogen-bond donors (Lipinski definition) is 2. The van der Waals surface area contributed by atoms with Gasteiger partial charge in [-0.15, -0.1) is 0 Å². The second-order valence-corrected chi connectivity index (χ2v) is 8.30. The zero-order chi connectivity index (χ0) is 21.6. The standard InChI is InChI=1S/C27H25ClO3/c28-26-13-12-22(27-17-24(30)16-25(18-29)31-27)15-23(26)14-21-10-8-20(9-11-21)7-6-19-4-2-1-3-5-19/h1-5,8-13,15,24-25,27,29-30H,14,16-18H2. The zero-order valence-corrected chi connectivity index (χ0v) is 17.9. The summed E-state index contributed by atoms with van der Waals surface area (Å²) < 4.78 is 5.95. The van der Waals surface area contributed by atoms with E-state index in [4.69, 9.17) is 16.3 Å². The lowest BCUT2D eigenvalue weighted by Gasteiger charge is -2.32. The number of ether oxygens (including phenoxy) is 1. The summed E-state index contributed by atoms with van der Waals surface area (Å²) in [7, 11) is 0. The van der Waals surface area contributed by atoms with Crippen LogP contribution in [-0.2, 0) is 11.2 Å². The molecule has 3 atom stereocenters. The molecular weight excluding hydrogens is 408 g/mol. The Kier molecular flexibility index (Phi) is 7.06. The van der Waals surface area contributed by atoms with Crippen molar-refractivity contribution in [3.8, 4) is 11.8 Å². The minimum absolute atomic E-state index is 0.0898. The quantitative estimate of drug-likeness (QED) is 0.576. The predicted molar refractivity (Wildman–Crippen MR) is 123 cm³/mol. The zero-order valence-electron chi connectivity index (χ0n) is 17.2. The van der Waals surface area contributed by atoms with E-state index in [0.29, 0.717) is 24.3 Å². The molecule has 1 aliphatic heterocycles. The van der Waals surface area contributed by atoms with Crippen LogP contribution >= 0.6 is 11.6 Å². The van der Waals surface area contributed by atoms with Gasteiger partial charge in [-0.2, -0.15) is 0 Å². The van der Waals surface area contributed by atoms with E-state index in [0.717, 1.165) is 27.8 Å². The van der Waals surface area contributed by atoms with Crippen LogP contribution in [0.15, 0.2) is 72.8 Å². The molecule has 0 aliphatic carbocycles. The Morgan fingerprint density at radius 2 is 1.61 bits per heavy atom. The molecule has 2 N–H and O–H groups in total. The van der Waals surface area contributed by atoms with Gasteiger partial charge < -0.3 is 14.9 Å². The van der Waals surface area contributed by atoms with Crippen molar-refractivity contribution in [1.82, 2.24) is 0 Å². The third kappa shape index (κ3) is 5.76. The molecule has 1 heterocycles. The van der Waals surface area contributed by atoms with Crippen LogP contribution < -0.4 is 0 Å². The molecule has 3 nitrogen and oxygen atoms in total. The summed E-state index contributed by atoms with van der Waals surface area (Å²) in [6, 6.07) is 24.0. The predicted octanol–water partition coefficient (Wildman–Crippen LogP) is 4.90. The summed E-state index contributed by atoms with van der Waals surface area (Å²) in [6.45, 7) is -0.0898. The molecule has 1 fully saturated rings. The largest absolute Gasteiger partial charge is 0.394 e. The molecular formula is C27H25ClO3. The van der Waals surface area contributed by atoms with Crippen LogP contribution in [0.2, 0.25) is 5.02 Å². The lowest BCUT2D eigenvalue weighted by molar-refractivity contribution is -0.113. The Labute approximate surface area is 188 Å². The van der Waals surface area contributed by atoms with E-state index < -0.39 is 6.10 Å². The molecule has 1 saturated heterocycles. The van der Waals surface area contributed by atoms with E-state index in [1.807, 2.05) is 60.7 Å². The Bertz CT molecular complexity index is 1070. The summed E-state index contributed by atoms with van der Waals surface area (Å²) in [5.74, 6) is 6.36. The maximum Gasteiger partial charge on any atom is 0.0854 e. The monoisotopic (exact) mass is 432 g/mol. The molecule has 3 aromatic carbocycles. The number of benzene rings is 3. The van der Waals surface area contributed by atoms with Gasteiger partial charge >= 0.3 is 0 Å². The Morgan fingerprint density at radius 3 is 2.32 bits per heavy atom. The van der Waals surface area contributed by atoms with Crippen LogP contribution in [0, 0.1) is 11.8 Å². The average Bonchev–Trinajstić information content (AvgIpc) is 2.80. The van der Waals surface area contributed by atoms with Crippen molar-refractivity contribution in [1.29, 1.82) is 0 Å². The molecule has 1 aliphatic rings. The van der Waals surface area contributed by atoms with Crippen LogP contribution in [0.4, 0.5) is 0 Å². The fourth-order valence-electron chi connectivity index (χ4n) is 3.84. The summed E-state index contributed by atoms with van der Waals surface area (Å²) in [4.78, 5) is 0. The first-order chi connectivity index (χ1) is 15.1. The fourth-order valence-corrected chi connectivity index (χ4v) is 4.03. The highest BCUT2D eigenvalue weighted by Crippen LogP contribution is 2.33. The molecule has 0 amide bonds. The van der Waals surface area contributed by atoms with E-state index >= 15 is 0 Å². The molecule has 31 heavy (non-hydrogen) atoms. The van der Waals surface area contributed by atoms with Crippen molar-refractivity contribution in [2.24, 2.45) is 0 Å². The van der Waals surface area contributed by atoms with Gasteiger partial charge in [-0.3, -0.25) is 0 Å². The van der Waals surface area contributed by atoms with Crippen molar-refractivity contribution >= 4 is 11.6 Å². The van der Waals surface area contributed by atoms with Gasteiger partial charge in [0.15, 0.2) is 0 Å². The first-order valence-corrected chi connectivity index (χ1v) is 10.9. The van der Waals surface area contributed by atoms with E-state index in [1.54, 1.807) is 0 Å². The minimum Gasteiger partial charge on any atom is -0.394 e. The van der Waals surface area contributed by atoms with Crippen LogP contribution in [-0.4, -0.2) is 29.0 Å². The molecule has 4 rings (SSSR count). The number of hydrogen-bond acceptors (Lipinski definition) is 3. The van der Waals surface area contributed by atoms with Gasteiger partial charge in [0.2, 0.25) is 0 Å². The van der Waals surface area contributed by atoms with Gasteiger partial charge in [-0.25, -0.2) is 0 Å². The van der Waals surface area contributed by atoms with Gasteiger partial charge in [-0.1, -0.05) is 65.9 Å². The Hall–Kier alpha value is -2.61.